The number of aryl methyl sites for hydroxylation is 1. The van der Waals surface area contributed by atoms with E-state index in [2.05, 4.69) is 5.32 Å². The molecule has 1 aromatic heterocycles. The second kappa shape index (κ2) is 6.63. The fraction of sp³-hybridized carbons (Fsp3) is 0.312. The Morgan fingerprint density at radius 3 is 2.81 bits per heavy atom. The lowest BCUT2D eigenvalue weighted by Gasteiger charge is -2.09. The van der Waals surface area contributed by atoms with Crippen LogP contribution in [0.1, 0.15) is 29.3 Å². The van der Waals surface area contributed by atoms with Gasteiger partial charge in [-0.1, -0.05) is 13.0 Å². The van der Waals surface area contributed by atoms with Crippen LogP contribution < -0.4 is 15.8 Å². The SMILES string of the molecule is CCCNC(=O)c1c(-c2ccc(OC)c(C)c2)csc1N. The molecule has 0 saturated carbocycles. The number of methoxy groups -OCH3 is 1. The van der Waals surface area contributed by atoms with E-state index in [4.69, 9.17) is 10.5 Å². The predicted molar refractivity (Wildman–Crippen MR) is 88.1 cm³/mol. The largest absolute Gasteiger partial charge is 0.496 e. The first-order valence-electron chi connectivity index (χ1n) is 6.88. The van der Waals surface area contributed by atoms with E-state index in [1.165, 1.54) is 11.3 Å². The molecule has 0 aliphatic heterocycles. The van der Waals surface area contributed by atoms with Crippen molar-refractivity contribution in [3.63, 3.8) is 0 Å². The van der Waals surface area contributed by atoms with E-state index < -0.39 is 0 Å². The minimum atomic E-state index is -0.112. The van der Waals surface area contributed by atoms with Crippen LogP contribution in [0.5, 0.6) is 5.75 Å². The average Bonchev–Trinajstić information content (AvgIpc) is 2.86. The van der Waals surface area contributed by atoms with Gasteiger partial charge in [-0.2, -0.15) is 0 Å². The first-order chi connectivity index (χ1) is 10.1. The van der Waals surface area contributed by atoms with Crippen molar-refractivity contribution in [1.82, 2.24) is 5.32 Å². The number of carbonyl (C=O) groups excluding carboxylic acids is 1. The number of nitrogens with one attached hydrogen (secondary N) is 1. The molecule has 0 saturated heterocycles. The van der Waals surface area contributed by atoms with Gasteiger partial charge in [-0.25, -0.2) is 0 Å². The molecule has 0 unspecified atom stereocenters. The molecule has 112 valence electrons. The van der Waals surface area contributed by atoms with Gasteiger partial charge < -0.3 is 15.8 Å². The van der Waals surface area contributed by atoms with Gasteiger partial charge in [0.2, 0.25) is 0 Å². The quantitative estimate of drug-likeness (QED) is 0.889. The summed E-state index contributed by atoms with van der Waals surface area (Å²) in [4.78, 5) is 12.3. The first-order valence-corrected chi connectivity index (χ1v) is 7.76. The van der Waals surface area contributed by atoms with E-state index >= 15 is 0 Å². The molecule has 0 atom stereocenters. The number of amides is 1. The topological polar surface area (TPSA) is 64.3 Å². The predicted octanol–water partition coefficient (Wildman–Crippen LogP) is 3.45. The summed E-state index contributed by atoms with van der Waals surface area (Å²) in [5, 5.41) is 5.36. The van der Waals surface area contributed by atoms with Crippen LogP contribution in [0, 0.1) is 6.92 Å². The van der Waals surface area contributed by atoms with Crippen molar-refractivity contribution >= 4 is 22.2 Å². The number of nitrogen functional groups attached to an aromatic ring is 1. The van der Waals surface area contributed by atoms with E-state index in [9.17, 15) is 4.79 Å². The highest BCUT2D eigenvalue weighted by Gasteiger charge is 2.18. The summed E-state index contributed by atoms with van der Waals surface area (Å²) in [5.74, 6) is 0.720. The summed E-state index contributed by atoms with van der Waals surface area (Å²) < 4.78 is 5.27. The third kappa shape index (κ3) is 3.19. The molecule has 0 aliphatic rings. The summed E-state index contributed by atoms with van der Waals surface area (Å²) in [7, 11) is 1.65. The summed E-state index contributed by atoms with van der Waals surface area (Å²) in [6.07, 6.45) is 0.896. The lowest BCUT2D eigenvalue weighted by molar-refractivity contribution is 0.0955. The van der Waals surface area contributed by atoms with Crippen LogP contribution in [-0.2, 0) is 0 Å². The molecule has 0 spiro atoms. The van der Waals surface area contributed by atoms with Gasteiger partial charge in [0.25, 0.3) is 5.91 Å². The van der Waals surface area contributed by atoms with Gasteiger partial charge in [0.1, 0.15) is 5.75 Å². The van der Waals surface area contributed by atoms with E-state index in [0.717, 1.165) is 28.9 Å². The second-order valence-corrected chi connectivity index (χ2v) is 5.74. The highest BCUT2D eigenvalue weighted by molar-refractivity contribution is 7.15. The van der Waals surface area contributed by atoms with Crippen molar-refractivity contribution in [1.29, 1.82) is 0 Å². The third-order valence-electron chi connectivity index (χ3n) is 3.29. The molecule has 2 rings (SSSR count). The molecule has 1 heterocycles. The fourth-order valence-corrected chi connectivity index (χ4v) is 3.01. The number of hydrogen-bond acceptors (Lipinski definition) is 4. The van der Waals surface area contributed by atoms with Gasteiger partial charge in [-0.3, -0.25) is 4.79 Å². The van der Waals surface area contributed by atoms with E-state index in [-0.39, 0.29) is 5.91 Å². The third-order valence-corrected chi connectivity index (χ3v) is 4.10. The number of carbonyl (C=O) groups is 1. The molecule has 21 heavy (non-hydrogen) atoms. The molecular formula is C16H20N2O2S. The molecule has 0 aliphatic carbocycles. The van der Waals surface area contributed by atoms with Crippen LogP contribution in [-0.4, -0.2) is 19.6 Å². The van der Waals surface area contributed by atoms with Crippen LogP contribution in [0.3, 0.4) is 0 Å². The van der Waals surface area contributed by atoms with E-state index in [0.29, 0.717) is 17.1 Å². The highest BCUT2D eigenvalue weighted by atomic mass is 32.1. The maximum atomic E-state index is 12.3. The zero-order chi connectivity index (χ0) is 15.4. The Kier molecular flexibility index (Phi) is 4.85. The monoisotopic (exact) mass is 304 g/mol. The van der Waals surface area contributed by atoms with E-state index in [1.54, 1.807) is 7.11 Å². The van der Waals surface area contributed by atoms with Crippen LogP contribution >= 0.6 is 11.3 Å². The summed E-state index contributed by atoms with van der Waals surface area (Å²) in [5.41, 5.74) is 9.42. The second-order valence-electron chi connectivity index (χ2n) is 4.83. The molecule has 1 aromatic carbocycles. The van der Waals surface area contributed by atoms with Gasteiger partial charge >= 0.3 is 0 Å². The Hall–Kier alpha value is -2.01. The van der Waals surface area contributed by atoms with Crippen LogP contribution in [0.25, 0.3) is 11.1 Å². The number of rotatable bonds is 5. The standard InChI is InChI=1S/C16H20N2O2S/c1-4-7-18-16(19)14-12(9-21-15(14)17)11-5-6-13(20-3)10(2)8-11/h5-6,8-9H,4,7,17H2,1-3H3,(H,18,19). The lowest BCUT2D eigenvalue weighted by atomic mass is 10.0. The molecule has 3 N–H and O–H groups in total. The summed E-state index contributed by atoms with van der Waals surface area (Å²) in [6.45, 7) is 4.65. The fourth-order valence-electron chi connectivity index (χ4n) is 2.19. The van der Waals surface area contributed by atoms with Crippen molar-refractivity contribution in [2.45, 2.75) is 20.3 Å². The number of hydrogen-bond donors (Lipinski definition) is 2. The Labute approximate surface area is 128 Å². The minimum absolute atomic E-state index is 0.112. The van der Waals surface area contributed by atoms with Crippen molar-refractivity contribution in [3.05, 3.63) is 34.7 Å². The summed E-state index contributed by atoms with van der Waals surface area (Å²) in [6, 6.07) is 5.87. The average molecular weight is 304 g/mol. The lowest BCUT2D eigenvalue weighted by Crippen LogP contribution is -2.24. The Morgan fingerprint density at radius 1 is 1.43 bits per heavy atom. The van der Waals surface area contributed by atoms with Crippen LogP contribution in [0.2, 0.25) is 0 Å². The number of nitrogens with two attached hydrogens (primary N) is 1. The highest BCUT2D eigenvalue weighted by Crippen LogP contribution is 2.35. The first kappa shape index (κ1) is 15.4. The molecule has 0 radical (unpaired) electrons. The van der Waals surface area contributed by atoms with Crippen molar-refractivity contribution in [2.24, 2.45) is 0 Å². The minimum Gasteiger partial charge on any atom is -0.496 e. The Bertz CT molecular complexity index is 650. The molecule has 4 nitrogen and oxygen atoms in total. The zero-order valence-corrected chi connectivity index (χ0v) is 13.3. The van der Waals surface area contributed by atoms with Gasteiger partial charge in [0.15, 0.2) is 0 Å². The molecule has 5 heteroatoms. The van der Waals surface area contributed by atoms with E-state index in [1.807, 2.05) is 37.4 Å². The summed E-state index contributed by atoms with van der Waals surface area (Å²) >= 11 is 1.39. The number of anilines is 1. The van der Waals surface area contributed by atoms with Crippen molar-refractivity contribution < 1.29 is 9.53 Å². The molecule has 1 amide bonds. The van der Waals surface area contributed by atoms with Crippen molar-refractivity contribution in [2.75, 3.05) is 19.4 Å². The van der Waals surface area contributed by atoms with Gasteiger partial charge in [-0.05, 0) is 36.6 Å². The maximum Gasteiger partial charge on any atom is 0.254 e. The van der Waals surface area contributed by atoms with Crippen LogP contribution in [0.15, 0.2) is 23.6 Å². The van der Waals surface area contributed by atoms with Gasteiger partial charge in [-0.15, -0.1) is 11.3 Å². The van der Waals surface area contributed by atoms with Gasteiger partial charge in [0.05, 0.1) is 17.7 Å². The Balaban J connectivity index is 2.41. The molecule has 0 fully saturated rings. The smallest absolute Gasteiger partial charge is 0.254 e. The molecular weight excluding hydrogens is 284 g/mol. The zero-order valence-electron chi connectivity index (χ0n) is 12.5. The van der Waals surface area contributed by atoms with Crippen LogP contribution in [0.4, 0.5) is 5.00 Å². The molecule has 0 bridgehead atoms. The molecule has 2 aromatic rings. The van der Waals surface area contributed by atoms with Crippen molar-refractivity contribution in [3.8, 4) is 16.9 Å². The maximum absolute atomic E-state index is 12.3. The Morgan fingerprint density at radius 2 is 2.19 bits per heavy atom. The number of thiophene rings is 1. The normalized spacial score (nSPS) is 10.4. The number of benzene rings is 1. The van der Waals surface area contributed by atoms with Gasteiger partial charge in [0, 0.05) is 17.5 Å². The number of ether oxygens (including phenoxy) is 1.